The number of benzene rings is 8. The Morgan fingerprint density at radius 2 is 0.951 bits per heavy atom. The van der Waals surface area contributed by atoms with Gasteiger partial charge in [0.05, 0.1) is 27.8 Å². The molecule has 4 nitrogen and oxygen atoms in total. The van der Waals surface area contributed by atoms with Crippen molar-refractivity contribution in [2.24, 2.45) is 0 Å². The number of nitrogens with zero attached hydrogens (tertiary/aromatic N) is 4. The minimum atomic E-state index is 0.698. The highest BCUT2D eigenvalue weighted by Gasteiger charge is 2.23. The first-order valence-corrected chi connectivity index (χ1v) is 22.1. The van der Waals surface area contributed by atoms with Crippen molar-refractivity contribution in [3.8, 4) is 45.3 Å². The zero-order valence-electron chi connectivity index (χ0n) is 34.7. The number of rotatable bonds is 5. The second kappa shape index (κ2) is 16.0. The van der Waals surface area contributed by atoms with Crippen LogP contribution in [0.3, 0.4) is 0 Å². The number of para-hydroxylation sites is 2. The number of thiophene rings is 1. The van der Waals surface area contributed by atoms with Crippen molar-refractivity contribution < 1.29 is 0 Å². The van der Waals surface area contributed by atoms with Crippen LogP contribution in [0.2, 0.25) is 0 Å². The zero-order valence-corrected chi connectivity index (χ0v) is 35.5. The van der Waals surface area contributed by atoms with Gasteiger partial charge in [-0.1, -0.05) is 173 Å². The predicted molar refractivity (Wildman–Crippen MR) is 263 cm³/mol. The number of fused-ring (bicyclic) bond motifs is 11. The average molecular weight is 805 g/mol. The molecule has 8 aromatic carbocycles. The lowest BCUT2D eigenvalue weighted by molar-refractivity contribution is 1.05. The van der Waals surface area contributed by atoms with Gasteiger partial charge >= 0.3 is 0 Å². The number of aromatic nitrogens is 4. The summed E-state index contributed by atoms with van der Waals surface area (Å²) in [4.78, 5) is 10.5. The van der Waals surface area contributed by atoms with Crippen molar-refractivity contribution in [3.63, 3.8) is 0 Å². The van der Waals surface area contributed by atoms with Crippen LogP contribution in [0.4, 0.5) is 0 Å². The van der Waals surface area contributed by atoms with Gasteiger partial charge in [-0.25, -0.2) is 9.97 Å². The van der Waals surface area contributed by atoms with Gasteiger partial charge in [0, 0.05) is 64.6 Å². The van der Waals surface area contributed by atoms with E-state index in [1.54, 1.807) is 0 Å². The molecule has 0 radical (unpaired) electrons. The summed E-state index contributed by atoms with van der Waals surface area (Å²) in [6, 6.07) is 69.3. The predicted octanol–water partition coefficient (Wildman–Crippen LogP) is 16.1. The highest BCUT2D eigenvalue weighted by molar-refractivity contribution is 7.26. The lowest BCUT2D eigenvalue weighted by atomic mass is 10.0. The molecule has 0 amide bonds. The Bertz CT molecular complexity index is 3450. The van der Waals surface area contributed by atoms with Gasteiger partial charge in [0.15, 0.2) is 5.82 Å². The molecule has 0 atom stereocenters. The summed E-state index contributed by atoms with van der Waals surface area (Å²) in [6.07, 6.45) is 0. The van der Waals surface area contributed by atoms with Crippen LogP contribution in [0.15, 0.2) is 194 Å². The van der Waals surface area contributed by atoms with Crippen molar-refractivity contribution in [1.29, 1.82) is 0 Å². The van der Waals surface area contributed by atoms with E-state index in [0.29, 0.717) is 5.82 Å². The third-order valence-electron chi connectivity index (χ3n) is 11.3. The van der Waals surface area contributed by atoms with Gasteiger partial charge < -0.3 is 4.57 Å². The summed E-state index contributed by atoms with van der Waals surface area (Å²) in [6.45, 7) is 8.00. The second-order valence-corrected chi connectivity index (χ2v) is 15.6. The van der Waals surface area contributed by atoms with Gasteiger partial charge in [0.1, 0.15) is 5.82 Å². The molecule has 0 bridgehead atoms. The molecule has 4 aromatic heterocycles. The Kier molecular flexibility index (Phi) is 9.95. The summed E-state index contributed by atoms with van der Waals surface area (Å²) in [5.74, 6) is 1.54. The Morgan fingerprint density at radius 1 is 0.377 bits per heavy atom. The Labute approximate surface area is 359 Å². The molecule has 294 valence electrons. The summed E-state index contributed by atoms with van der Waals surface area (Å²) in [5.41, 5.74) is 11.1. The maximum absolute atomic E-state index is 5.38. The maximum Gasteiger partial charge on any atom is 0.162 e. The normalized spacial score (nSPS) is 11.3. The molecule has 0 saturated heterocycles. The molecule has 0 aliphatic rings. The molecule has 0 aliphatic heterocycles. The van der Waals surface area contributed by atoms with E-state index < -0.39 is 0 Å². The zero-order chi connectivity index (χ0) is 41.5. The molecule has 5 heteroatoms. The average Bonchev–Trinajstić information content (AvgIpc) is 4.01. The van der Waals surface area contributed by atoms with E-state index in [-0.39, 0.29) is 0 Å². The first kappa shape index (κ1) is 37.9. The Balaban J connectivity index is 0.00000108. The van der Waals surface area contributed by atoms with E-state index in [4.69, 9.17) is 9.97 Å². The van der Waals surface area contributed by atoms with Gasteiger partial charge in [-0.15, -0.1) is 11.3 Å². The minimum absolute atomic E-state index is 0.698. The lowest BCUT2D eigenvalue weighted by Crippen LogP contribution is -2.02. The fourth-order valence-electron chi connectivity index (χ4n) is 8.85. The minimum Gasteiger partial charge on any atom is -0.309 e. The summed E-state index contributed by atoms with van der Waals surface area (Å²) >= 11 is 1.86. The molecule has 0 N–H and O–H groups in total. The van der Waals surface area contributed by atoms with Gasteiger partial charge in [0.2, 0.25) is 0 Å². The lowest BCUT2D eigenvalue weighted by Gasteiger charge is -2.13. The third-order valence-corrected chi connectivity index (χ3v) is 12.4. The highest BCUT2D eigenvalue weighted by atomic mass is 32.1. The molecular weight excluding hydrogens is 761 g/mol. The largest absolute Gasteiger partial charge is 0.309 e. The van der Waals surface area contributed by atoms with E-state index >= 15 is 0 Å². The van der Waals surface area contributed by atoms with E-state index in [0.717, 1.165) is 39.4 Å². The quantitative estimate of drug-likeness (QED) is 0.174. The van der Waals surface area contributed by atoms with Gasteiger partial charge in [-0.05, 0) is 53.6 Å². The molecule has 12 aromatic rings. The first-order chi connectivity index (χ1) is 30.3. The number of hydrogen-bond donors (Lipinski definition) is 0. The Morgan fingerprint density at radius 3 is 1.67 bits per heavy atom. The van der Waals surface area contributed by atoms with E-state index in [1.807, 2.05) is 51.2 Å². The van der Waals surface area contributed by atoms with Crippen LogP contribution in [0.5, 0.6) is 0 Å². The molecule has 0 unspecified atom stereocenters. The van der Waals surface area contributed by atoms with Crippen LogP contribution in [-0.4, -0.2) is 19.1 Å². The highest BCUT2D eigenvalue weighted by Crippen LogP contribution is 2.48. The monoisotopic (exact) mass is 804 g/mol. The molecule has 0 spiro atoms. The molecule has 0 fully saturated rings. The smallest absolute Gasteiger partial charge is 0.162 e. The molecule has 12 rings (SSSR count). The topological polar surface area (TPSA) is 35.6 Å². The first-order valence-electron chi connectivity index (χ1n) is 21.3. The van der Waals surface area contributed by atoms with Crippen LogP contribution in [0.25, 0.3) is 109 Å². The second-order valence-electron chi connectivity index (χ2n) is 14.6. The van der Waals surface area contributed by atoms with Crippen LogP contribution in [-0.2, 0) is 0 Å². The van der Waals surface area contributed by atoms with Crippen molar-refractivity contribution in [2.45, 2.75) is 27.7 Å². The molecule has 0 aliphatic carbocycles. The maximum atomic E-state index is 5.38. The fraction of sp³-hybridized carbons (Fsp3) is 0.0714. The van der Waals surface area contributed by atoms with E-state index in [1.165, 1.54) is 63.9 Å². The number of hydrogen-bond acceptors (Lipinski definition) is 3. The van der Waals surface area contributed by atoms with Gasteiger partial charge in [0.25, 0.3) is 0 Å². The van der Waals surface area contributed by atoms with E-state index in [9.17, 15) is 0 Å². The van der Waals surface area contributed by atoms with Crippen molar-refractivity contribution in [2.75, 3.05) is 0 Å². The van der Waals surface area contributed by atoms with E-state index in [2.05, 4.69) is 191 Å². The third kappa shape index (κ3) is 6.28. The molecule has 61 heavy (non-hydrogen) atoms. The molecule has 4 heterocycles. The van der Waals surface area contributed by atoms with Crippen LogP contribution in [0.1, 0.15) is 27.7 Å². The fourth-order valence-corrected chi connectivity index (χ4v) is 9.97. The summed E-state index contributed by atoms with van der Waals surface area (Å²) in [7, 11) is 0. The molecular formula is C56H44N4S. The van der Waals surface area contributed by atoms with Crippen LogP contribution >= 0.6 is 11.3 Å². The van der Waals surface area contributed by atoms with Crippen molar-refractivity contribution in [3.05, 3.63) is 194 Å². The Hall–Kier alpha value is -7.34. The van der Waals surface area contributed by atoms with Gasteiger partial charge in [-0.3, -0.25) is 4.57 Å². The van der Waals surface area contributed by atoms with Crippen LogP contribution < -0.4 is 0 Å². The van der Waals surface area contributed by atoms with Gasteiger partial charge in [-0.2, -0.15) is 0 Å². The summed E-state index contributed by atoms with van der Waals surface area (Å²) < 4.78 is 7.34. The van der Waals surface area contributed by atoms with Crippen molar-refractivity contribution in [1.82, 2.24) is 19.1 Å². The van der Waals surface area contributed by atoms with Crippen molar-refractivity contribution >= 4 is 75.1 Å². The molecule has 0 saturated carbocycles. The SMILES string of the molecule is CC.CC.c1ccc(-c2cccc(-n3c4ccccc4c4c5c(ccc43)sc3ccc4c6ccccc6n(-c6cc(-c7ccccc7)nc(-c7ccccc7)n6)c4c35)c2)cc1. The summed E-state index contributed by atoms with van der Waals surface area (Å²) in [5, 5.41) is 7.43. The standard InChI is InChI=1S/C52H32N4S.2C2H6/c1-4-15-33(16-5-1)36-21-14-22-37(31-36)55-43-26-13-11-24-40(43)48-44(55)28-30-45-49(48)50-46(57-45)29-27-39-38-23-10-12-25-42(38)56(51(39)50)47-32-41(34-17-6-2-7-18-34)53-52(54-47)35-19-8-3-9-20-35;2*1-2/h1-32H;2*1-2H3. The van der Waals surface area contributed by atoms with Crippen LogP contribution in [0, 0.1) is 0 Å².